The predicted molar refractivity (Wildman–Crippen MR) is 130 cm³/mol. The molecular formula is C24H26F3N2O4S2-. The number of hydrogen-bond acceptors (Lipinski definition) is 6. The maximum atomic E-state index is 12.5. The Balaban J connectivity index is 1.60. The molecule has 0 amide bonds. The van der Waals surface area contributed by atoms with Gasteiger partial charge in [0.1, 0.15) is 10.8 Å². The van der Waals surface area contributed by atoms with Crippen LogP contribution in [0, 0.1) is 6.92 Å². The van der Waals surface area contributed by atoms with Crippen LogP contribution in [0.4, 0.5) is 18.2 Å². The fourth-order valence-electron chi connectivity index (χ4n) is 4.46. The van der Waals surface area contributed by atoms with Gasteiger partial charge in [-0.25, -0.2) is 0 Å². The molecule has 2 heterocycles. The van der Waals surface area contributed by atoms with Gasteiger partial charge in [0.15, 0.2) is 0 Å². The van der Waals surface area contributed by atoms with Crippen molar-refractivity contribution in [3.05, 3.63) is 59.7 Å². The minimum Gasteiger partial charge on any atom is -0.755 e. The van der Waals surface area contributed by atoms with E-state index in [1.807, 2.05) is 31.2 Å². The second-order valence-electron chi connectivity index (χ2n) is 8.62. The number of aliphatic hydroxyl groups is 1. The second-order valence-corrected chi connectivity index (χ2v) is 10.5. The zero-order chi connectivity index (χ0) is 25.2. The van der Waals surface area contributed by atoms with Gasteiger partial charge in [-0.1, -0.05) is 30.3 Å². The summed E-state index contributed by atoms with van der Waals surface area (Å²) in [5.74, 6) is -0.304. The van der Waals surface area contributed by atoms with Crippen molar-refractivity contribution in [3.63, 3.8) is 0 Å². The summed E-state index contributed by atoms with van der Waals surface area (Å²) in [6.07, 6.45) is -3.56. The van der Waals surface area contributed by atoms with E-state index in [0.717, 1.165) is 21.2 Å². The molecule has 0 saturated carbocycles. The Bertz CT molecular complexity index is 1160. The maximum absolute atomic E-state index is 12.5. The van der Waals surface area contributed by atoms with E-state index in [1.165, 1.54) is 27.8 Å². The summed E-state index contributed by atoms with van der Waals surface area (Å²) in [6, 6.07) is 13.2. The third kappa shape index (κ3) is 6.53. The summed E-state index contributed by atoms with van der Waals surface area (Å²) in [6.45, 7) is 3.29. The van der Waals surface area contributed by atoms with E-state index < -0.39 is 17.6 Å². The highest BCUT2D eigenvalue weighted by Crippen LogP contribution is 2.38. The number of likely N-dealkylation sites (tertiary alicyclic amines) is 1. The van der Waals surface area contributed by atoms with Crippen LogP contribution in [0.3, 0.4) is 0 Å². The van der Waals surface area contributed by atoms with Gasteiger partial charge < -0.3 is 14.4 Å². The number of rotatable bonds is 8. The Morgan fingerprint density at radius 2 is 1.86 bits per heavy atom. The van der Waals surface area contributed by atoms with Crippen molar-refractivity contribution in [2.24, 2.45) is 0 Å². The molecule has 2 aromatic carbocycles. The van der Waals surface area contributed by atoms with Crippen molar-refractivity contribution in [1.82, 2.24) is 4.90 Å². The van der Waals surface area contributed by atoms with Gasteiger partial charge in [-0.15, -0.1) is 24.5 Å². The van der Waals surface area contributed by atoms with E-state index in [4.69, 9.17) is 0 Å². The zero-order valence-corrected chi connectivity index (χ0v) is 20.7. The molecule has 2 atom stereocenters. The summed E-state index contributed by atoms with van der Waals surface area (Å²) >= 11 is -1.11. The summed E-state index contributed by atoms with van der Waals surface area (Å²) in [5.41, 5.74) is 1.65. The second kappa shape index (κ2) is 10.8. The minimum absolute atomic E-state index is 0.181. The molecule has 6 nitrogen and oxygen atoms in total. The molecular weight excluding hydrogens is 501 g/mol. The molecule has 11 heteroatoms. The Morgan fingerprint density at radius 1 is 1.20 bits per heavy atom. The molecule has 1 fully saturated rings. The number of thiophene rings is 1. The lowest BCUT2D eigenvalue weighted by Gasteiger charge is -2.39. The van der Waals surface area contributed by atoms with Crippen LogP contribution < -0.4 is 9.04 Å². The van der Waals surface area contributed by atoms with Crippen LogP contribution in [0.15, 0.2) is 48.5 Å². The van der Waals surface area contributed by atoms with Crippen molar-refractivity contribution in [1.29, 1.82) is 0 Å². The van der Waals surface area contributed by atoms with Crippen LogP contribution in [0.5, 0.6) is 5.75 Å². The molecule has 0 aliphatic carbocycles. The number of ether oxygens (including phenoxy) is 1. The van der Waals surface area contributed by atoms with Crippen LogP contribution in [0.2, 0.25) is 0 Å². The van der Waals surface area contributed by atoms with Gasteiger partial charge in [0.25, 0.3) is 0 Å². The fraction of sp³-hybridized carbons (Fsp3) is 0.417. The van der Waals surface area contributed by atoms with Crippen LogP contribution in [0.25, 0.3) is 10.1 Å². The van der Waals surface area contributed by atoms with Crippen molar-refractivity contribution >= 4 is 37.7 Å². The highest BCUT2D eigenvalue weighted by molar-refractivity contribution is 7.81. The molecule has 35 heavy (non-hydrogen) atoms. The number of benzene rings is 2. The van der Waals surface area contributed by atoms with Crippen molar-refractivity contribution in [2.75, 3.05) is 23.9 Å². The van der Waals surface area contributed by atoms with Gasteiger partial charge in [-0.3, -0.25) is 13.4 Å². The van der Waals surface area contributed by atoms with Crippen LogP contribution in [-0.4, -0.2) is 56.9 Å². The van der Waals surface area contributed by atoms with E-state index >= 15 is 0 Å². The van der Waals surface area contributed by atoms with E-state index in [9.17, 15) is 27.0 Å². The number of aryl methyl sites for hydroxylation is 1. The average Bonchev–Trinajstić information content (AvgIpc) is 3.13. The largest absolute Gasteiger partial charge is 0.755 e. The number of nitrogens with zero attached hydrogens (tertiary/aromatic N) is 2. The fourth-order valence-corrected chi connectivity index (χ4v) is 6.45. The molecule has 1 saturated heterocycles. The van der Waals surface area contributed by atoms with Crippen LogP contribution >= 0.6 is 11.3 Å². The van der Waals surface area contributed by atoms with Crippen LogP contribution in [0.1, 0.15) is 24.0 Å². The molecule has 2 unspecified atom stereocenters. The molecule has 1 aliphatic heterocycles. The summed E-state index contributed by atoms with van der Waals surface area (Å²) in [5, 5.41) is 11.6. The summed E-state index contributed by atoms with van der Waals surface area (Å²) < 4.78 is 68.6. The lowest BCUT2D eigenvalue weighted by Crippen LogP contribution is -2.49. The third-order valence-electron chi connectivity index (χ3n) is 6.25. The number of anilines is 1. The normalized spacial score (nSPS) is 17.4. The summed E-state index contributed by atoms with van der Waals surface area (Å²) in [4.78, 5) is 2.15. The number of halogens is 3. The first kappa shape index (κ1) is 25.9. The molecule has 4 rings (SSSR count). The molecule has 3 aromatic rings. The van der Waals surface area contributed by atoms with E-state index in [1.54, 1.807) is 12.1 Å². The average molecular weight is 528 g/mol. The number of alkyl halides is 3. The minimum atomic E-state index is -4.76. The monoisotopic (exact) mass is 527 g/mol. The van der Waals surface area contributed by atoms with Gasteiger partial charge in [0.05, 0.1) is 6.10 Å². The molecule has 0 spiro atoms. The topological polar surface area (TPSA) is 76.1 Å². The number of fused-ring (bicyclic) bond motifs is 1. The van der Waals surface area contributed by atoms with Gasteiger partial charge >= 0.3 is 6.36 Å². The third-order valence-corrected chi connectivity index (χ3v) is 8.35. The van der Waals surface area contributed by atoms with Gasteiger partial charge in [0, 0.05) is 41.6 Å². The molecule has 190 valence electrons. The van der Waals surface area contributed by atoms with Crippen LogP contribution in [-0.2, 0) is 17.7 Å². The molecule has 0 radical (unpaired) electrons. The highest BCUT2D eigenvalue weighted by atomic mass is 32.2. The predicted octanol–water partition coefficient (Wildman–Crippen LogP) is 4.78. The lowest BCUT2D eigenvalue weighted by atomic mass is 10.00. The highest BCUT2D eigenvalue weighted by Gasteiger charge is 2.31. The van der Waals surface area contributed by atoms with Gasteiger partial charge in [0.2, 0.25) is 0 Å². The number of hydrogen-bond donors (Lipinski definition) is 1. The smallest absolute Gasteiger partial charge is 0.573 e. The summed E-state index contributed by atoms with van der Waals surface area (Å²) in [7, 11) is 0. The molecule has 1 aromatic heterocycles. The number of piperidine rings is 1. The van der Waals surface area contributed by atoms with Gasteiger partial charge in [-0.05, 0) is 60.9 Å². The van der Waals surface area contributed by atoms with E-state index in [0.29, 0.717) is 37.4 Å². The SMILES string of the molecule is Cc1c(N(CC(Cc2ccc(OC(F)(F)F)cc2)N2CCC(O)CC2)S(=O)[O-])sc2ccccc12. The maximum Gasteiger partial charge on any atom is 0.573 e. The molecule has 1 N–H and O–H groups in total. The van der Waals surface area contributed by atoms with E-state index in [2.05, 4.69) is 9.64 Å². The van der Waals surface area contributed by atoms with Crippen molar-refractivity contribution in [3.8, 4) is 5.75 Å². The van der Waals surface area contributed by atoms with E-state index in [-0.39, 0.29) is 24.4 Å². The van der Waals surface area contributed by atoms with Crippen molar-refractivity contribution in [2.45, 2.75) is 44.7 Å². The molecule has 0 bridgehead atoms. The number of aliphatic hydroxyl groups excluding tert-OH is 1. The first-order valence-corrected chi connectivity index (χ1v) is 13.1. The standard InChI is InChI=1S/C24H27F3N2O4S2/c1-16-21-4-2-3-5-22(21)34-23(16)29(35(31)32)15-18(28-12-10-19(30)11-13-28)14-17-6-8-20(9-7-17)33-24(25,26)27/h2-9,18-19,30H,10-15H2,1H3,(H,31,32)/p-1. The quantitative estimate of drug-likeness (QED) is 0.427. The Labute approximate surface area is 208 Å². The first-order chi connectivity index (χ1) is 16.6. The zero-order valence-electron chi connectivity index (χ0n) is 19.0. The van der Waals surface area contributed by atoms with Gasteiger partial charge in [-0.2, -0.15) is 0 Å². The molecule has 1 aliphatic rings. The Morgan fingerprint density at radius 3 is 2.46 bits per heavy atom. The lowest BCUT2D eigenvalue weighted by molar-refractivity contribution is -0.274. The Kier molecular flexibility index (Phi) is 8.02. The first-order valence-electron chi connectivity index (χ1n) is 11.2. The Hall–Kier alpha value is -2.18. The van der Waals surface area contributed by atoms with Crippen molar-refractivity contribution < 1.29 is 31.8 Å².